The number of ether oxygens (including phenoxy) is 1. The third-order valence-corrected chi connectivity index (χ3v) is 1.88. The van der Waals surface area contributed by atoms with Crippen LogP contribution in [0, 0.1) is 5.92 Å². The van der Waals surface area contributed by atoms with E-state index in [0.29, 0.717) is 0 Å². The van der Waals surface area contributed by atoms with Gasteiger partial charge >= 0.3 is 5.97 Å². The number of esters is 1. The van der Waals surface area contributed by atoms with Crippen molar-refractivity contribution >= 4 is 5.97 Å². The summed E-state index contributed by atoms with van der Waals surface area (Å²) in [5, 5.41) is 0. The molecule has 0 amide bonds. The van der Waals surface area contributed by atoms with Gasteiger partial charge in [0.15, 0.2) is 0 Å². The minimum Gasteiger partial charge on any atom is -0.461 e. The van der Waals surface area contributed by atoms with E-state index in [0.717, 1.165) is 0 Å². The molecule has 0 unspecified atom stereocenters. The highest BCUT2D eigenvalue weighted by atomic mass is 16.6. The molecule has 3 atom stereocenters. The zero-order chi connectivity index (χ0) is 7.02. The van der Waals surface area contributed by atoms with Gasteiger partial charge in [-0.25, -0.2) is 0 Å². The van der Waals surface area contributed by atoms with Gasteiger partial charge in [-0.05, 0) is 6.92 Å². The Labute approximate surface area is 54.2 Å². The monoisotopic (exact) mass is 129 g/mol. The second-order valence-corrected chi connectivity index (χ2v) is 2.53. The number of carbonyl (C=O) groups excluding carboxylic acids is 1. The van der Waals surface area contributed by atoms with Crippen LogP contribution in [0.1, 0.15) is 13.8 Å². The molecule has 1 heterocycles. The van der Waals surface area contributed by atoms with Gasteiger partial charge in [-0.1, -0.05) is 6.92 Å². The second-order valence-electron chi connectivity index (χ2n) is 2.53. The normalized spacial score (nSPS) is 43.0. The Kier molecular flexibility index (Phi) is 1.45. The molecule has 0 aliphatic carbocycles. The molecule has 1 rings (SSSR count). The van der Waals surface area contributed by atoms with E-state index in [9.17, 15) is 4.79 Å². The van der Waals surface area contributed by atoms with Crippen molar-refractivity contribution in [1.82, 2.24) is 0 Å². The van der Waals surface area contributed by atoms with Crippen molar-refractivity contribution < 1.29 is 9.53 Å². The molecule has 2 N–H and O–H groups in total. The van der Waals surface area contributed by atoms with Crippen LogP contribution in [-0.4, -0.2) is 18.1 Å². The van der Waals surface area contributed by atoms with Crippen molar-refractivity contribution in [3.63, 3.8) is 0 Å². The quantitative estimate of drug-likeness (QED) is 0.464. The Bertz CT molecular complexity index is 135. The summed E-state index contributed by atoms with van der Waals surface area (Å²) in [6.45, 7) is 3.77. The van der Waals surface area contributed by atoms with Crippen LogP contribution in [0.3, 0.4) is 0 Å². The number of carbonyl (C=O) groups is 1. The minimum absolute atomic E-state index is 0.00694. The Morgan fingerprint density at radius 3 is 2.22 bits per heavy atom. The largest absolute Gasteiger partial charge is 0.461 e. The summed E-state index contributed by atoms with van der Waals surface area (Å²) >= 11 is 0. The molecule has 1 aliphatic rings. The topological polar surface area (TPSA) is 52.3 Å². The van der Waals surface area contributed by atoms with Gasteiger partial charge in [0.25, 0.3) is 0 Å². The van der Waals surface area contributed by atoms with Crippen LogP contribution >= 0.6 is 0 Å². The Hall–Kier alpha value is -0.570. The zero-order valence-electron chi connectivity index (χ0n) is 5.63. The van der Waals surface area contributed by atoms with Crippen molar-refractivity contribution in [2.45, 2.75) is 26.0 Å². The maximum Gasteiger partial charge on any atom is 0.323 e. The van der Waals surface area contributed by atoms with Crippen LogP contribution in [0.2, 0.25) is 0 Å². The van der Waals surface area contributed by atoms with Gasteiger partial charge in [0.2, 0.25) is 0 Å². The van der Waals surface area contributed by atoms with Crippen LogP contribution in [-0.2, 0) is 9.53 Å². The van der Waals surface area contributed by atoms with Crippen molar-refractivity contribution in [1.29, 1.82) is 0 Å². The van der Waals surface area contributed by atoms with Crippen LogP contribution < -0.4 is 5.73 Å². The van der Waals surface area contributed by atoms with E-state index >= 15 is 0 Å². The first-order valence-corrected chi connectivity index (χ1v) is 3.09. The van der Waals surface area contributed by atoms with E-state index in [2.05, 4.69) is 0 Å². The molecule has 1 fully saturated rings. The summed E-state index contributed by atoms with van der Waals surface area (Å²) in [4.78, 5) is 10.6. The van der Waals surface area contributed by atoms with Gasteiger partial charge in [0.1, 0.15) is 12.1 Å². The number of nitrogens with two attached hydrogens (primary N) is 1. The average molecular weight is 129 g/mol. The molecule has 0 radical (unpaired) electrons. The van der Waals surface area contributed by atoms with Crippen LogP contribution in [0.4, 0.5) is 0 Å². The lowest BCUT2D eigenvalue weighted by atomic mass is 10.0. The number of hydrogen-bond donors (Lipinski definition) is 1. The first-order chi connectivity index (χ1) is 4.13. The highest BCUT2D eigenvalue weighted by Gasteiger charge is 2.36. The molecule has 1 saturated heterocycles. The lowest BCUT2D eigenvalue weighted by molar-refractivity contribution is -0.141. The molecular weight excluding hydrogens is 118 g/mol. The summed E-state index contributed by atoms with van der Waals surface area (Å²) < 4.78 is 4.82. The zero-order valence-corrected chi connectivity index (χ0v) is 5.63. The molecule has 52 valence electrons. The van der Waals surface area contributed by atoms with E-state index in [1.165, 1.54) is 0 Å². The highest BCUT2D eigenvalue weighted by molar-refractivity contribution is 5.78. The molecule has 0 saturated carbocycles. The van der Waals surface area contributed by atoms with Crippen LogP contribution in [0.5, 0.6) is 0 Å². The van der Waals surface area contributed by atoms with E-state index in [4.69, 9.17) is 10.5 Å². The first-order valence-electron chi connectivity index (χ1n) is 3.09. The molecule has 3 nitrogen and oxygen atoms in total. The fraction of sp³-hybridized carbons (Fsp3) is 0.833. The predicted octanol–water partition coefficient (Wildman–Crippen LogP) is -0.105. The third kappa shape index (κ3) is 0.920. The molecule has 0 spiro atoms. The van der Waals surface area contributed by atoms with E-state index in [1.54, 1.807) is 0 Å². The van der Waals surface area contributed by atoms with E-state index in [1.807, 2.05) is 13.8 Å². The lowest BCUT2D eigenvalue weighted by Gasteiger charge is -2.06. The summed E-state index contributed by atoms with van der Waals surface area (Å²) in [5.41, 5.74) is 5.44. The molecular formula is C6H11NO2. The highest BCUT2D eigenvalue weighted by Crippen LogP contribution is 2.19. The molecule has 0 aromatic rings. The van der Waals surface area contributed by atoms with Gasteiger partial charge < -0.3 is 10.5 Å². The Morgan fingerprint density at radius 2 is 2.11 bits per heavy atom. The minimum atomic E-state index is -0.403. The van der Waals surface area contributed by atoms with Crippen molar-refractivity contribution in [2.24, 2.45) is 11.7 Å². The molecule has 0 aromatic heterocycles. The average Bonchev–Trinajstić information content (AvgIpc) is 1.98. The fourth-order valence-electron chi connectivity index (χ4n) is 0.876. The number of rotatable bonds is 0. The van der Waals surface area contributed by atoms with Gasteiger partial charge in [0, 0.05) is 5.92 Å². The second kappa shape index (κ2) is 1.99. The summed E-state index contributed by atoms with van der Waals surface area (Å²) in [6, 6.07) is -0.403. The predicted molar refractivity (Wildman–Crippen MR) is 32.7 cm³/mol. The maximum atomic E-state index is 10.6. The van der Waals surface area contributed by atoms with Crippen molar-refractivity contribution in [3.05, 3.63) is 0 Å². The summed E-state index contributed by atoms with van der Waals surface area (Å²) in [5.74, 6) is -0.104. The maximum absolute atomic E-state index is 10.6. The standard InChI is InChI=1S/C6H11NO2/c1-3-4(2)9-6(8)5(3)7/h3-5H,7H2,1-2H3/t3-,4+,5-/m0/s1. The smallest absolute Gasteiger partial charge is 0.323 e. The fourth-order valence-corrected chi connectivity index (χ4v) is 0.876. The molecule has 1 aliphatic heterocycles. The molecule has 9 heavy (non-hydrogen) atoms. The number of hydrogen-bond acceptors (Lipinski definition) is 3. The summed E-state index contributed by atoms with van der Waals surface area (Å²) in [6.07, 6.45) is -0.00694. The van der Waals surface area contributed by atoms with Crippen molar-refractivity contribution in [3.8, 4) is 0 Å². The van der Waals surface area contributed by atoms with Crippen molar-refractivity contribution in [2.75, 3.05) is 0 Å². The Balaban J connectivity index is 2.65. The first kappa shape index (κ1) is 6.55. The van der Waals surface area contributed by atoms with Gasteiger partial charge in [-0.15, -0.1) is 0 Å². The molecule has 0 bridgehead atoms. The van der Waals surface area contributed by atoms with E-state index < -0.39 is 6.04 Å². The number of cyclic esters (lactones) is 1. The van der Waals surface area contributed by atoms with Crippen LogP contribution in [0.25, 0.3) is 0 Å². The lowest BCUT2D eigenvalue weighted by Crippen LogP contribution is -2.31. The van der Waals surface area contributed by atoms with E-state index in [-0.39, 0.29) is 18.0 Å². The Morgan fingerprint density at radius 1 is 1.56 bits per heavy atom. The van der Waals surface area contributed by atoms with Gasteiger partial charge in [-0.3, -0.25) is 4.79 Å². The molecule has 0 aromatic carbocycles. The summed E-state index contributed by atoms with van der Waals surface area (Å²) in [7, 11) is 0. The van der Waals surface area contributed by atoms with Gasteiger partial charge in [-0.2, -0.15) is 0 Å². The SMILES string of the molecule is C[C@@H]1[C@H](N)C(=O)O[C@@H]1C. The third-order valence-electron chi connectivity index (χ3n) is 1.88. The van der Waals surface area contributed by atoms with Gasteiger partial charge in [0.05, 0.1) is 0 Å². The van der Waals surface area contributed by atoms with Crippen LogP contribution in [0.15, 0.2) is 0 Å². The molecule has 3 heteroatoms.